The molecule has 2 rings (SSSR count). The van der Waals surface area contributed by atoms with E-state index < -0.39 is 55.9 Å². The van der Waals surface area contributed by atoms with Crippen molar-refractivity contribution in [2.75, 3.05) is 19.8 Å². The highest BCUT2D eigenvalue weighted by atomic mass is 19.4. The van der Waals surface area contributed by atoms with Crippen molar-refractivity contribution in [1.82, 2.24) is 9.97 Å². The van der Waals surface area contributed by atoms with Gasteiger partial charge in [-0.1, -0.05) is 39.0 Å². The SMILES string of the molecule is CCCCCCCCc1cnc(-c2ccc(OCC(F)COCC(F)(F)C(F)(F)C(F)(F)C(F)(F)C(F)(F)F)cc2)nc1. The standard InChI is InChI=1S/C27H30F12N2O2/c1-2-3-4-5-6-7-8-18-13-40-22(41-14-18)19-9-11-21(12-10-19)43-16-20(28)15-42-17-23(29,30)24(31,32)25(33,34)26(35,36)27(37,38)39/h9-14,20H,2-8,15-17H2,1H3. The van der Waals surface area contributed by atoms with E-state index in [0.29, 0.717) is 11.4 Å². The van der Waals surface area contributed by atoms with Crippen molar-refractivity contribution in [3.05, 3.63) is 42.2 Å². The Morgan fingerprint density at radius 2 is 1.26 bits per heavy atom. The summed E-state index contributed by atoms with van der Waals surface area (Å²) in [5.41, 5.74) is 1.56. The molecule has 0 fully saturated rings. The number of aromatic nitrogens is 2. The fourth-order valence-electron chi connectivity index (χ4n) is 3.69. The zero-order valence-corrected chi connectivity index (χ0v) is 22.9. The van der Waals surface area contributed by atoms with Gasteiger partial charge in [0.1, 0.15) is 19.0 Å². The highest BCUT2D eigenvalue weighted by molar-refractivity contribution is 5.55. The van der Waals surface area contributed by atoms with Gasteiger partial charge in [-0.2, -0.15) is 48.3 Å². The number of ether oxygens (including phenoxy) is 2. The summed E-state index contributed by atoms with van der Waals surface area (Å²) in [5.74, 6) is -28.0. The molecule has 0 aliphatic rings. The second-order valence-corrected chi connectivity index (χ2v) is 9.81. The first-order chi connectivity index (χ1) is 19.9. The number of halogens is 12. The molecule has 0 aliphatic heterocycles. The Morgan fingerprint density at radius 3 is 1.81 bits per heavy atom. The first kappa shape index (κ1) is 36.4. The van der Waals surface area contributed by atoms with Crippen LogP contribution in [0.1, 0.15) is 51.0 Å². The summed E-state index contributed by atoms with van der Waals surface area (Å²) in [6.45, 7) is -2.98. The Morgan fingerprint density at radius 1 is 0.698 bits per heavy atom. The average molecular weight is 643 g/mol. The third-order valence-electron chi connectivity index (χ3n) is 6.25. The molecule has 0 amide bonds. The van der Waals surface area contributed by atoms with E-state index in [1.807, 2.05) is 0 Å². The fraction of sp³-hybridized carbons (Fsp3) is 0.630. The predicted molar refractivity (Wildman–Crippen MR) is 132 cm³/mol. The maximum Gasteiger partial charge on any atom is 0.460 e. The Bertz CT molecular complexity index is 1110. The van der Waals surface area contributed by atoms with Gasteiger partial charge in [-0.05, 0) is 42.7 Å². The van der Waals surface area contributed by atoms with Gasteiger partial charge in [0.25, 0.3) is 0 Å². The molecule has 43 heavy (non-hydrogen) atoms. The van der Waals surface area contributed by atoms with Gasteiger partial charge in [-0.3, -0.25) is 0 Å². The summed E-state index contributed by atoms with van der Waals surface area (Å²) in [7, 11) is 0. The van der Waals surface area contributed by atoms with E-state index in [0.717, 1.165) is 24.8 Å². The van der Waals surface area contributed by atoms with Crippen molar-refractivity contribution >= 4 is 0 Å². The molecule has 0 spiro atoms. The van der Waals surface area contributed by atoms with Crippen LogP contribution in [0.3, 0.4) is 0 Å². The van der Waals surface area contributed by atoms with Gasteiger partial charge in [0.2, 0.25) is 0 Å². The Labute approximate surface area is 239 Å². The molecule has 4 nitrogen and oxygen atoms in total. The zero-order valence-electron chi connectivity index (χ0n) is 22.9. The van der Waals surface area contributed by atoms with Crippen molar-refractivity contribution in [3.63, 3.8) is 0 Å². The van der Waals surface area contributed by atoms with Crippen molar-refractivity contribution in [1.29, 1.82) is 0 Å². The Hall–Kier alpha value is -2.78. The fourth-order valence-corrected chi connectivity index (χ4v) is 3.69. The van der Waals surface area contributed by atoms with Gasteiger partial charge in [-0.25, -0.2) is 14.4 Å². The van der Waals surface area contributed by atoms with E-state index in [2.05, 4.69) is 21.6 Å². The number of rotatable bonds is 18. The van der Waals surface area contributed by atoms with E-state index in [9.17, 15) is 52.7 Å². The Balaban J connectivity index is 1.83. The molecule has 0 aliphatic carbocycles. The first-order valence-electron chi connectivity index (χ1n) is 13.2. The van der Waals surface area contributed by atoms with Gasteiger partial charge >= 0.3 is 29.9 Å². The number of nitrogens with zero attached hydrogens (tertiary/aromatic N) is 2. The molecule has 244 valence electrons. The van der Waals surface area contributed by atoms with Crippen molar-refractivity contribution in [3.8, 4) is 17.1 Å². The smallest absolute Gasteiger partial charge is 0.460 e. The van der Waals surface area contributed by atoms with E-state index in [-0.39, 0.29) is 5.75 Å². The third-order valence-corrected chi connectivity index (χ3v) is 6.25. The lowest BCUT2D eigenvalue weighted by molar-refractivity contribution is -0.424. The monoisotopic (exact) mass is 642 g/mol. The largest absolute Gasteiger partial charge is 0.490 e. The quantitative estimate of drug-likeness (QED) is 0.120. The molecule has 0 N–H and O–H groups in total. The van der Waals surface area contributed by atoms with Crippen LogP contribution in [0.4, 0.5) is 52.7 Å². The van der Waals surface area contributed by atoms with Gasteiger partial charge < -0.3 is 9.47 Å². The van der Waals surface area contributed by atoms with Crippen molar-refractivity contribution < 1.29 is 62.2 Å². The van der Waals surface area contributed by atoms with E-state index in [1.165, 1.54) is 49.9 Å². The molecule has 1 unspecified atom stereocenters. The maximum absolute atomic E-state index is 14.0. The van der Waals surface area contributed by atoms with Gasteiger partial charge in [0.15, 0.2) is 12.0 Å². The highest BCUT2D eigenvalue weighted by Crippen LogP contribution is 2.57. The summed E-state index contributed by atoms with van der Waals surface area (Å²) in [5, 5.41) is 0. The predicted octanol–water partition coefficient (Wildman–Crippen LogP) is 8.88. The number of alkyl halides is 12. The second-order valence-electron chi connectivity index (χ2n) is 9.81. The summed E-state index contributed by atoms with van der Waals surface area (Å²) >= 11 is 0. The molecule has 1 heterocycles. The molecule has 1 aromatic heterocycles. The molecule has 1 aromatic carbocycles. The molecular weight excluding hydrogens is 612 g/mol. The summed E-state index contributed by atoms with van der Waals surface area (Å²) in [6, 6.07) is 5.82. The lowest BCUT2D eigenvalue weighted by Crippen LogP contribution is -2.67. The normalized spacial score (nSPS) is 14.2. The number of benzene rings is 1. The second kappa shape index (κ2) is 14.8. The number of unbranched alkanes of at least 4 members (excludes halogenated alkanes) is 5. The molecule has 0 saturated carbocycles. The minimum atomic E-state index is -7.55. The lowest BCUT2D eigenvalue weighted by atomic mass is 9.98. The molecular formula is C27H30F12N2O2. The van der Waals surface area contributed by atoms with Crippen LogP contribution in [0.2, 0.25) is 0 Å². The first-order valence-corrected chi connectivity index (χ1v) is 13.2. The van der Waals surface area contributed by atoms with Crippen LogP contribution in [-0.2, 0) is 11.2 Å². The van der Waals surface area contributed by atoms with E-state index in [1.54, 1.807) is 12.4 Å². The van der Waals surface area contributed by atoms with Crippen LogP contribution < -0.4 is 4.74 Å². The van der Waals surface area contributed by atoms with E-state index in [4.69, 9.17) is 4.74 Å². The van der Waals surface area contributed by atoms with Gasteiger partial charge in [-0.15, -0.1) is 0 Å². The summed E-state index contributed by atoms with van der Waals surface area (Å²) in [4.78, 5) is 8.61. The molecule has 16 heteroatoms. The van der Waals surface area contributed by atoms with Crippen LogP contribution in [0.15, 0.2) is 36.7 Å². The summed E-state index contributed by atoms with van der Waals surface area (Å²) in [6.07, 6.45) is 1.58. The minimum Gasteiger partial charge on any atom is -0.490 e. The molecule has 0 bridgehead atoms. The van der Waals surface area contributed by atoms with Crippen LogP contribution in [0, 0.1) is 0 Å². The van der Waals surface area contributed by atoms with Gasteiger partial charge in [0.05, 0.1) is 6.61 Å². The zero-order chi connectivity index (χ0) is 32.5. The van der Waals surface area contributed by atoms with E-state index >= 15 is 0 Å². The average Bonchev–Trinajstić information content (AvgIpc) is 2.93. The highest BCUT2D eigenvalue weighted by Gasteiger charge is 2.87. The molecule has 0 saturated heterocycles. The summed E-state index contributed by atoms with van der Waals surface area (Å²) < 4.78 is 166. The van der Waals surface area contributed by atoms with Crippen molar-refractivity contribution in [2.45, 2.75) is 87.9 Å². The van der Waals surface area contributed by atoms with Crippen LogP contribution in [0.25, 0.3) is 11.4 Å². The van der Waals surface area contributed by atoms with Crippen LogP contribution in [0.5, 0.6) is 5.75 Å². The number of aryl methyl sites for hydroxylation is 1. The Kier molecular flexibility index (Phi) is 12.5. The maximum atomic E-state index is 14.0. The van der Waals surface area contributed by atoms with Crippen LogP contribution >= 0.6 is 0 Å². The molecule has 1 atom stereocenters. The van der Waals surface area contributed by atoms with Crippen LogP contribution in [-0.4, -0.2) is 65.8 Å². The minimum absolute atomic E-state index is 0.0666. The topological polar surface area (TPSA) is 44.2 Å². The molecule has 0 radical (unpaired) electrons. The number of hydrogen-bond acceptors (Lipinski definition) is 4. The van der Waals surface area contributed by atoms with Crippen molar-refractivity contribution in [2.24, 2.45) is 0 Å². The van der Waals surface area contributed by atoms with Gasteiger partial charge in [0, 0.05) is 18.0 Å². The third kappa shape index (κ3) is 9.11. The lowest BCUT2D eigenvalue weighted by Gasteiger charge is -2.37. The molecule has 2 aromatic rings. The number of hydrogen-bond donors (Lipinski definition) is 0.